The van der Waals surface area contributed by atoms with Crippen molar-refractivity contribution in [2.24, 2.45) is 0 Å². The van der Waals surface area contributed by atoms with Gasteiger partial charge in [0.05, 0.1) is 11.7 Å². The number of nitrogens with zero attached hydrogens (tertiary/aromatic N) is 1. The van der Waals surface area contributed by atoms with Gasteiger partial charge in [-0.25, -0.2) is 0 Å². The summed E-state index contributed by atoms with van der Waals surface area (Å²) in [5.41, 5.74) is 0.0600. The molecule has 0 amide bonds. The molecule has 2 nitrogen and oxygen atoms in total. The van der Waals surface area contributed by atoms with Crippen molar-refractivity contribution in [3.63, 3.8) is 0 Å². The summed E-state index contributed by atoms with van der Waals surface area (Å²) in [6, 6.07) is 0. The van der Waals surface area contributed by atoms with Crippen molar-refractivity contribution in [3.8, 4) is 0 Å². The van der Waals surface area contributed by atoms with Crippen LogP contribution in [0.15, 0.2) is 24.3 Å². The first kappa shape index (κ1) is 38.4. The highest BCUT2D eigenvalue weighted by Crippen LogP contribution is 2.30. The van der Waals surface area contributed by atoms with E-state index in [4.69, 9.17) is 4.74 Å². The molecule has 0 rings (SSSR count). The van der Waals surface area contributed by atoms with Gasteiger partial charge in [0.2, 0.25) is 0 Å². The Morgan fingerprint density at radius 3 is 1.51 bits per heavy atom. The summed E-state index contributed by atoms with van der Waals surface area (Å²) in [5.74, 6) is 0. The fourth-order valence-corrected chi connectivity index (χ4v) is 5.51. The minimum atomic E-state index is 0.0600. The third-order valence-electron chi connectivity index (χ3n) is 8.27. The van der Waals surface area contributed by atoms with Crippen molar-refractivity contribution in [2.45, 2.75) is 193 Å². The Balaban J connectivity index is 4.19. The first-order chi connectivity index (χ1) is 19.0. The molecule has 0 aliphatic rings. The van der Waals surface area contributed by atoms with Gasteiger partial charge in [-0.3, -0.25) is 0 Å². The minimum Gasteiger partial charge on any atom is -0.372 e. The predicted octanol–water partition coefficient (Wildman–Crippen LogP) is 12.2. The highest BCUT2D eigenvalue weighted by atomic mass is 16.5. The number of ether oxygens (including phenoxy) is 1. The van der Waals surface area contributed by atoms with Crippen molar-refractivity contribution in [2.75, 3.05) is 20.6 Å². The Hall–Kier alpha value is -0.600. The highest BCUT2D eigenvalue weighted by Gasteiger charge is 2.27. The molecule has 0 saturated heterocycles. The van der Waals surface area contributed by atoms with Gasteiger partial charge >= 0.3 is 0 Å². The summed E-state index contributed by atoms with van der Waals surface area (Å²) in [7, 11) is 4.35. The molecule has 0 saturated carbocycles. The molecule has 0 spiro atoms. The monoisotopic (exact) mass is 548 g/mol. The van der Waals surface area contributed by atoms with Crippen LogP contribution in [0.1, 0.15) is 182 Å². The van der Waals surface area contributed by atoms with E-state index in [2.05, 4.69) is 71.0 Å². The largest absolute Gasteiger partial charge is 0.372 e. The summed E-state index contributed by atoms with van der Waals surface area (Å²) in [6.07, 6.45) is 41.6. The quantitative estimate of drug-likeness (QED) is 0.0655. The molecule has 0 aromatic rings. The Morgan fingerprint density at radius 2 is 1.03 bits per heavy atom. The van der Waals surface area contributed by atoms with Gasteiger partial charge in [0.15, 0.2) is 0 Å². The van der Waals surface area contributed by atoms with Crippen LogP contribution in [0, 0.1) is 0 Å². The standard InChI is InChI=1S/C37H73NO/c1-7-10-12-14-16-18-19-20-21-22-23-24-25-27-29-31-34-37(4,39-36(9-3)32-35-38(5)6)33-30-28-26-17-15-13-11-8-2/h16,18,20-21,36H,7-15,17,19,22-35H2,1-6H3/b18-16-,21-20-. The molecule has 0 heterocycles. The van der Waals surface area contributed by atoms with Crippen LogP contribution < -0.4 is 0 Å². The molecule has 232 valence electrons. The van der Waals surface area contributed by atoms with Crippen molar-refractivity contribution in [3.05, 3.63) is 24.3 Å². The molecule has 0 radical (unpaired) electrons. The predicted molar refractivity (Wildman–Crippen MR) is 178 cm³/mol. The molecule has 0 aliphatic carbocycles. The number of rotatable bonds is 30. The normalized spacial score (nSPS) is 14.6. The van der Waals surface area contributed by atoms with Gasteiger partial charge in [0, 0.05) is 0 Å². The SMILES string of the molecule is CCCCC/C=C\C/C=C\CCCCCCCCC(C)(CCCCCCCCCC)OC(CC)CCN(C)C. The Morgan fingerprint density at radius 1 is 0.590 bits per heavy atom. The molecule has 2 heteroatoms. The average Bonchev–Trinajstić information content (AvgIpc) is 2.92. The summed E-state index contributed by atoms with van der Waals surface area (Å²) in [4.78, 5) is 2.30. The lowest BCUT2D eigenvalue weighted by molar-refractivity contribution is -0.0994. The van der Waals surface area contributed by atoms with E-state index in [1.807, 2.05) is 0 Å². The zero-order valence-electron chi connectivity index (χ0n) is 27.9. The third-order valence-corrected chi connectivity index (χ3v) is 8.27. The number of hydrogen-bond acceptors (Lipinski definition) is 2. The lowest BCUT2D eigenvalue weighted by Crippen LogP contribution is -2.35. The maximum absolute atomic E-state index is 6.88. The molecule has 0 N–H and O–H groups in total. The second kappa shape index (κ2) is 28.9. The zero-order chi connectivity index (χ0) is 28.9. The molecule has 0 bridgehead atoms. The molecule has 0 aromatic carbocycles. The Bertz CT molecular complexity index is 540. The van der Waals surface area contributed by atoms with Crippen LogP contribution >= 0.6 is 0 Å². The lowest BCUT2D eigenvalue weighted by atomic mass is 9.90. The molecule has 39 heavy (non-hydrogen) atoms. The van der Waals surface area contributed by atoms with Crippen LogP contribution in [-0.2, 0) is 4.74 Å². The fourth-order valence-electron chi connectivity index (χ4n) is 5.51. The second-order valence-corrected chi connectivity index (χ2v) is 12.7. The van der Waals surface area contributed by atoms with Gasteiger partial charge in [-0.1, -0.05) is 141 Å². The van der Waals surface area contributed by atoms with Crippen LogP contribution in [0.25, 0.3) is 0 Å². The van der Waals surface area contributed by atoms with Gasteiger partial charge in [-0.05, 0) is 85.4 Å². The van der Waals surface area contributed by atoms with Gasteiger partial charge in [0.25, 0.3) is 0 Å². The van der Waals surface area contributed by atoms with E-state index < -0.39 is 0 Å². The maximum atomic E-state index is 6.88. The first-order valence-electron chi connectivity index (χ1n) is 17.6. The summed E-state index contributed by atoms with van der Waals surface area (Å²) in [5, 5.41) is 0. The van der Waals surface area contributed by atoms with Crippen molar-refractivity contribution in [1.82, 2.24) is 4.90 Å². The number of allylic oxidation sites excluding steroid dienone is 4. The first-order valence-corrected chi connectivity index (χ1v) is 17.6. The summed E-state index contributed by atoms with van der Waals surface area (Å²) < 4.78 is 6.88. The molecular formula is C37H73NO. The van der Waals surface area contributed by atoms with Crippen LogP contribution in [0.4, 0.5) is 0 Å². The van der Waals surface area contributed by atoms with E-state index in [9.17, 15) is 0 Å². The van der Waals surface area contributed by atoms with Crippen molar-refractivity contribution in [1.29, 1.82) is 0 Å². The second-order valence-electron chi connectivity index (χ2n) is 12.7. The maximum Gasteiger partial charge on any atom is 0.0658 e. The fraction of sp³-hybridized carbons (Fsp3) is 0.892. The average molecular weight is 548 g/mol. The van der Waals surface area contributed by atoms with E-state index in [1.54, 1.807) is 0 Å². The van der Waals surface area contributed by atoms with E-state index in [-0.39, 0.29) is 5.60 Å². The number of hydrogen-bond donors (Lipinski definition) is 0. The lowest BCUT2D eigenvalue weighted by Gasteiger charge is -2.35. The zero-order valence-corrected chi connectivity index (χ0v) is 27.9. The smallest absolute Gasteiger partial charge is 0.0658 e. The van der Waals surface area contributed by atoms with E-state index in [1.165, 1.54) is 135 Å². The van der Waals surface area contributed by atoms with Crippen molar-refractivity contribution < 1.29 is 4.74 Å². The third kappa shape index (κ3) is 27.3. The molecule has 0 fully saturated rings. The molecule has 0 aromatic heterocycles. The van der Waals surface area contributed by atoms with Crippen LogP contribution in [0.2, 0.25) is 0 Å². The Kier molecular flexibility index (Phi) is 28.5. The van der Waals surface area contributed by atoms with Crippen LogP contribution in [-0.4, -0.2) is 37.2 Å². The van der Waals surface area contributed by atoms with Gasteiger partial charge in [-0.2, -0.15) is 0 Å². The van der Waals surface area contributed by atoms with Gasteiger partial charge < -0.3 is 9.64 Å². The molecule has 2 atom stereocenters. The highest BCUT2D eigenvalue weighted by molar-refractivity contribution is 4.92. The molecular weight excluding hydrogens is 474 g/mol. The summed E-state index contributed by atoms with van der Waals surface area (Å²) >= 11 is 0. The molecule has 0 aliphatic heterocycles. The minimum absolute atomic E-state index is 0.0600. The van der Waals surface area contributed by atoms with Crippen LogP contribution in [0.5, 0.6) is 0 Å². The van der Waals surface area contributed by atoms with Gasteiger partial charge in [0.1, 0.15) is 0 Å². The van der Waals surface area contributed by atoms with Crippen LogP contribution in [0.3, 0.4) is 0 Å². The number of unbranched alkanes of at least 4 members (excludes halogenated alkanes) is 16. The van der Waals surface area contributed by atoms with E-state index in [0.717, 1.165) is 25.8 Å². The van der Waals surface area contributed by atoms with E-state index >= 15 is 0 Å². The van der Waals surface area contributed by atoms with E-state index in [0.29, 0.717) is 6.10 Å². The summed E-state index contributed by atoms with van der Waals surface area (Å²) in [6.45, 7) is 10.4. The topological polar surface area (TPSA) is 12.5 Å². The molecule has 2 unspecified atom stereocenters. The van der Waals surface area contributed by atoms with Gasteiger partial charge in [-0.15, -0.1) is 0 Å². The van der Waals surface area contributed by atoms with Crippen molar-refractivity contribution >= 4 is 0 Å². The Labute approximate surface area is 247 Å².